The summed E-state index contributed by atoms with van der Waals surface area (Å²) in [7, 11) is 0. The van der Waals surface area contributed by atoms with Crippen molar-refractivity contribution in [3.63, 3.8) is 0 Å². The molecule has 1 saturated heterocycles. The molecule has 0 saturated carbocycles. The van der Waals surface area contributed by atoms with Crippen LogP contribution in [-0.2, 0) is 17.8 Å². The van der Waals surface area contributed by atoms with E-state index < -0.39 is 0 Å². The number of nitrogens with one attached hydrogen (secondary N) is 1. The first-order valence-corrected chi connectivity index (χ1v) is 10.9. The Balaban J connectivity index is 1.50. The minimum atomic E-state index is 0.0342. The van der Waals surface area contributed by atoms with Crippen LogP contribution < -0.4 is 15.8 Å². The third kappa shape index (κ3) is 5.08. The molecule has 0 radical (unpaired) electrons. The number of hydrogen-bond acceptors (Lipinski definition) is 8. The molecule has 1 unspecified atom stereocenters. The van der Waals surface area contributed by atoms with Crippen LogP contribution in [0.2, 0.25) is 5.28 Å². The summed E-state index contributed by atoms with van der Waals surface area (Å²) < 4.78 is 7.24. The van der Waals surface area contributed by atoms with E-state index in [2.05, 4.69) is 37.0 Å². The van der Waals surface area contributed by atoms with Gasteiger partial charge in [-0.15, -0.1) is 0 Å². The van der Waals surface area contributed by atoms with Gasteiger partial charge in [-0.1, -0.05) is 13.0 Å². The Bertz CT molecular complexity index is 916. The molecule has 9 nitrogen and oxygen atoms in total. The van der Waals surface area contributed by atoms with Gasteiger partial charge in [-0.2, -0.15) is 15.0 Å². The molecule has 0 bridgehead atoms. The number of fused-ring (bicyclic) bond motifs is 1. The van der Waals surface area contributed by atoms with Crippen molar-refractivity contribution in [2.24, 2.45) is 5.92 Å². The van der Waals surface area contributed by atoms with Gasteiger partial charge in [-0.25, -0.2) is 0 Å². The number of morpholine rings is 1. The highest BCUT2D eigenvalue weighted by atomic mass is 35.5. The van der Waals surface area contributed by atoms with Crippen LogP contribution in [0.25, 0.3) is 0 Å². The van der Waals surface area contributed by atoms with Crippen molar-refractivity contribution in [1.82, 2.24) is 24.4 Å². The maximum absolute atomic E-state index is 12.3. The Morgan fingerprint density at radius 1 is 1.20 bits per heavy atom. The number of hydrogen-bond donors (Lipinski definition) is 1. The molecule has 1 atom stereocenters. The zero-order valence-electron chi connectivity index (χ0n) is 17.3. The molecule has 2 aliphatic heterocycles. The average Bonchev–Trinajstić information content (AvgIpc) is 2.95. The normalized spacial score (nSPS) is 19.9. The Morgan fingerprint density at radius 3 is 2.83 bits per heavy atom. The van der Waals surface area contributed by atoms with Gasteiger partial charge in [0.25, 0.3) is 5.56 Å². The molecule has 0 aliphatic carbocycles. The molecule has 1 N–H and O–H groups in total. The molecular formula is C20H28ClN7O2. The van der Waals surface area contributed by atoms with Gasteiger partial charge in [0.05, 0.1) is 19.8 Å². The number of pyridine rings is 1. The van der Waals surface area contributed by atoms with E-state index in [1.165, 1.54) is 0 Å². The topological polar surface area (TPSA) is 88.4 Å². The molecule has 2 aromatic heterocycles. The molecule has 0 aromatic carbocycles. The predicted molar refractivity (Wildman–Crippen MR) is 116 cm³/mol. The predicted octanol–water partition coefficient (Wildman–Crippen LogP) is 1.48. The lowest BCUT2D eigenvalue weighted by atomic mass is 10.1. The number of halogens is 1. The first-order chi connectivity index (χ1) is 14.6. The van der Waals surface area contributed by atoms with Crippen LogP contribution >= 0.6 is 11.6 Å². The van der Waals surface area contributed by atoms with Crippen molar-refractivity contribution in [2.45, 2.75) is 26.4 Å². The van der Waals surface area contributed by atoms with E-state index in [1.807, 2.05) is 10.6 Å². The largest absolute Gasteiger partial charge is 0.379 e. The average molecular weight is 434 g/mol. The molecule has 2 aromatic rings. The van der Waals surface area contributed by atoms with Crippen LogP contribution in [0.1, 0.15) is 19.0 Å². The summed E-state index contributed by atoms with van der Waals surface area (Å²) in [5.41, 5.74) is 0.990. The lowest BCUT2D eigenvalue weighted by Gasteiger charge is -2.26. The molecule has 1 fully saturated rings. The van der Waals surface area contributed by atoms with E-state index in [1.54, 1.807) is 12.1 Å². The van der Waals surface area contributed by atoms with Gasteiger partial charge in [0.1, 0.15) is 0 Å². The van der Waals surface area contributed by atoms with Gasteiger partial charge in [-0.05, 0) is 30.0 Å². The standard InChI is InChI=1S/C20H28ClN7O2/c1-2-15-12-27(14-16-4-3-5-17(29)28(16)13-15)20-24-18(21)23-19(25-20)22-6-7-26-8-10-30-11-9-26/h3-5,15H,2,6-14H2,1H3,(H,22,23,24,25). The summed E-state index contributed by atoms with van der Waals surface area (Å²) >= 11 is 6.22. The van der Waals surface area contributed by atoms with E-state index in [9.17, 15) is 4.79 Å². The molecule has 4 rings (SSSR count). The van der Waals surface area contributed by atoms with E-state index >= 15 is 0 Å². The van der Waals surface area contributed by atoms with Gasteiger partial charge in [0, 0.05) is 51.0 Å². The SMILES string of the molecule is CCC1CN(c2nc(Cl)nc(NCCN3CCOCC3)n2)Cc2cccc(=O)n2C1. The third-order valence-corrected chi connectivity index (χ3v) is 5.85. The molecule has 0 spiro atoms. The number of ether oxygens (including phenoxy) is 1. The van der Waals surface area contributed by atoms with Crippen LogP contribution in [-0.4, -0.2) is 70.4 Å². The monoisotopic (exact) mass is 433 g/mol. The van der Waals surface area contributed by atoms with Gasteiger partial charge < -0.3 is 19.5 Å². The van der Waals surface area contributed by atoms with Crippen molar-refractivity contribution in [3.8, 4) is 0 Å². The fraction of sp³-hybridized carbons (Fsp3) is 0.600. The number of nitrogens with zero attached hydrogens (tertiary/aromatic N) is 6. The van der Waals surface area contributed by atoms with Gasteiger partial charge in [-0.3, -0.25) is 9.69 Å². The van der Waals surface area contributed by atoms with Crippen LogP contribution in [0.4, 0.5) is 11.9 Å². The van der Waals surface area contributed by atoms with E-state index in [0.717, 1.165) is 58.1 Å². The number of anilines is 2. The molecule has 162 valence electrons. The molecular weight excluding hydrogens is 406 g/mol. The van der Waals surface area contributed by atoms with Crippen molar-refractivity contribution in [1.29, 1.82) is 0 Å². The lowest BCUT2D eigenvalue weighted by Crippen LogP contribution is -2.39. The van der Waals surface area contributed by atoms with Crippen LogP contribution in [0.5, 0.6) is 0 Å². The summed E-state index contributed by atoms with van der Waals surface area (Å²) in [4.78, 5) is 30.0. The Kier molecular flexibility index (Phi) is 6.81. The van der Waals surface area contributed by atoms with Gasteiger partial charge >= 0.3 is 0 Å². The fourth-order valence-corrected chi connectivity index (χ4v) is 4.07. The molecule has 10 heteroatoms. The zero-order chi connectivity index (χ0) is 20.9. The van der Waals surface area contributed by atoms with Crippen LogP contribution in [0, 0.1) is 5.92 Å². The van der Waals surface area contributed by atoms with E-state index in [0.29, 0.717) is 30.9 Å². The van der Waals surface area contributed by atoms with Crippen LogP contribution in [0.15, 0.2) is 23.0 Å². The summed E-state index contributed by atoms with van der Waals surface area (Å²) in [6, 6.07) is 5.40. The lowest BCUT2D eigenvalue weighted by molar-refractivity contribution is 0.0398. The van der Waals surface area contributed by atoms with Gasteiger partial charge in [0.15, 0.2) is 0 Å². The fourth-order valence-electron chi connectivity index (χ4n) is 3.92. The number of aromatic nitrogens is 4. The van der Waals surface area contributed by atoms with Crippen LogP contribution in [0.3, 0.4) is 0 Å². The minimum Gasteiger partial charge on any atom is -0.379 e. The highest BCUT2D eigenvalue weighted by Crippen LogP contribution is 2.22. The highest BCUT2D eigenvalue weighted by Gasteiger charge is 2.24. The Hall–Kier alpha value is -2.23. The minimum absolute atomic E-state index is 0.0342. The van der Waals surface area contributed by atoms with Crippen molar-refractivity contribution in [2.75, 3.05) is 56.2 Å². The van der Waals surface area contributed by atoms with Crippen molar-refractivity contribution in [3.05, 3.63) is 39.5 Å². The molecule has 30 heavy (non-hydrogen) atoms. The summed E-state index contributed by atoms with van der Waals surface area (Å²) in [5.74, 6) is 1.33. The zero-order valence-corrected chi connectivity index (χ0v) is 18.0. The Morgan fingerprint density at radius 2 is 2.03 bits per heavy atom. The third-order valence-electron chi connectivity index (χ3n) is 5.68. The second kappa shape index (κ2) is 9.72. The number of rotatable bonds is 6. The molecule has 0 amide bonds. The summed E-state index contributed by atoms with van der Waals surface area (Å²) in [6.07, 6.45) is 0.959. The first kappa shape index (κ1) is 21.0. The summed E-state index contributed by atoms with van der Waals surface area (Å²) in [6.45, 7) is 9.19. The first-order valence-electron chi connectivity index (χ1n) is 10.5. The molecule has 4 heterocycles. The molecule has 2 aliphatic rings. The maximum Gasteiger partial charge on any atom is 0.250 e. The second-order valence-electron chi connectivity index (χ2n) is 7.73. The Labute approximate surface area is 181 Å². The smallest absolute Gasteiger partial charge is 0.250 e. The van der Waals surface area contributed by atoms with Crippen molar-refractivity contribution >= 4 is 23.5 Å². The van der Waals surface area contributed by atoms with Gasteiger partial charge in [0.2, 0.25) is 17.2 Å². The maximum atomic E-state index is 12.3. The summed E-state index contributed by atoms with van der Waals surface area (Å²) in [5, 5.41) is 3.43. The van der Waals surface area contributed by atoms with E-state index in [4.69, 9.17) is 16.3 Å². The quantitative estimate of drug-likeness (QED) is 0.732. The van der Waals surface area contributed by atoms with E-state index in [-0.39, 0.29) is 10.8 Å². The van der Waals surface area contributed by atoms with Crippen molar-refractivity contribution < 1.29 is 4.74 Å². The highest BCUT2D eigenvalue weighted by molar-refractivity contribution is 6.28. The second-order valence-corrected chi connectivity index (χ2v) is 8.07.